The summed E-state index contributed by atoms with van der Waals surface area (Å²) in [4.78, 5) is 6.60. The molecule has 0 aliphatic heterocycles. The van der Waals surface area contributed by atoms with Crippen molar-refractivity contribution in [2.45, 2.75) is 33.4 Å². The number of rotatable bonds is 5. The maximum absolute atomic E-state index is 6.00. The van der Waals surface area contributed by atoms with Crippen LogP contribution in [-0.4, -0.2) is 44.9 Å². The van der Waals surface area contributed by atoms with Gasteiger partial charge in [-0.05, 0) is 40.9 Å². The molecule has 0 aliphatic carbocycles. The summed E-state index contributed by atoms with van der Waals surface area (Å²) >= 11 is 0. The van der Waals surface area contributed by atoms with Crippen LogP contribution >= 0.6 is 0 Å². The van der Waals surface area contributed by atoms with Gasteiger partial charge >= 0.3 is 0 Å². The fraction of sp³-hybridized carbons (Fsp3) is 0.667. The van der Waals surface area contributed by atoms with E-state index in [0.29, 0.717) is 5.95 Å². The molecular formula is C12H22N6. The lowest BCUT2D eigenvalue weighted by atomic mass is 10.4. The van der Waals surface area contributed by atoms with E-state index in [9.17, 15) is 0 Å². The van der Waals surface area contributed by atoms with Crippen molar-refractivity contribution in [3.8, 4) is 0 Å². The van der Waals surface area contributed by atoms with Crippen molar-refractivity contribution in [2.24, 2.45) is 0 Å². The molecule has 0 spiro atoms. The van der Waals surface area contributed by atoms with Gasteiger partial charge in [-0.1, -0.05) is 0 Å². The van der Waals surface area contributed by atoms with Crippen LogP contribution in [0.1, 0.15) is 19.0 Å². The zero-order chi connectivity index (χ0) is 13.3. The lowest BCUT2D eigenvalue weighted by Gasteiger charge is -2.11. The van der Waals surface area contributed by atoms with E-state index in [1.165, 1.54) is 0 Å². The summed E-state index contributed by atoms with van der Waals surface area (Å²) in [7, 11) is 4.15. The molecule has 6 heteroatoms. The molecule has 2 rings (SSSR count). The largest absolute Gasteiger partial charge is 0.369 e. The predicted molar refractivity (Wildman–Crippen MR) is 73.5 cm³/mol. The summed E-state index contributed by atoms with van der Waals surface area (Å²) in [5, 5.41) is 4.48. The van der Waals surface area contributed by atoms with Crippen LogP contribution in [0.4, 0.5) is 5.95 Å². The van der Waals surface area contributed by atoms with E-state index in [0.717, 1.165) is 42.9 Å². The molecule has 0 saturated heterocycles. The van der Waals surface area contributed by atoms with E-state index in [2.05, 4.69) is 40.6 Å². The number of anilines is 1. The molecule has 0 atom stereocenters. The molecule has 0 fully saturated rings. The van der Waals surface area contributed by atoms with Crippen molar-refractivity contribution in [3.63, 3.8) is 0 Å². The van der Waals surface area contributed by atoms with E-state index in [1.54, 1.807) is 0 Å². The molecule has 2 N–H and O–H groups in total. The van der Waals surface area contributed by atoms with Crippen molar-refractivity contribution in [2.75, 3.05) is 26.4 Å². The minimum Gasteiger partial charge on any atom is -0.369 e. The Kier molecular flexibility index (Phi) is 3.56. The SMILES string of the molecule is CCn1nc(C)c2nc(N)n(CCCN(C)C)c21. The van der Waals surface area contributed by atoms with Crippen molar-refractivity contribution < 1.29 is 0 Å². The van der Waals surface area contributed by atoms with Gasteiger partial charge in [0.2, 0.25) is 5.95 Å². The molecule has 2 aromatic heterocycles. The molecule has 0 bridgehead atoms. The minimum atomic E-state index is 0.589. The fourth-order valence-electron chi connectivity index (χ4n) is 2.23. The molecule has 0 radical (unpaired) electrons. The highest BCUT2D eigenvalue weighted by molar-refractivity contribution is 5.77. The zero-order valence-electron chi connectivity index (χ0n) is 11.6. The number of hydrogen-bond donors (Lipinski definition) is 1. The van der Waals surface area contributed by atoms with Crippen LogP contribution in [0, 0.1) is 6.92 Å². The number of nitrogens with zero attached hydrogens (tertiary/aromatic N) is 5. The van der Waals surface area contributed by atoms with Gasteiger partial charge in [0.1, 0.15) is 5.52 Å². The molecule has 2 aromatic rings. The van der Waals surface area contributed by atoms with E-state index in [-0.39, 0.29) is 0 Å². The Balaban J connectivity index is 2.33. The first-order valence-electron chi connectivity index (χ1n) is 6.38. The summed E-state index contributed by atoms with van der Waals surface area (Å²) in [5.41, 5.74) is 8.93. The normalized spacial score (nSPS) is 11.8. The first-order valence-corrected chi connectivity index (χ1v) is 6.38. The summed E-state index contributed by atoms with van der Waals surface area (Å²) < 4.78 is 4.05. The average molecular weight is 250 g/mol. The number of imidazole rings is 1. The zero-order valence-corrected chi connectivity index (χ0v) is 11.6. The summed E-state index contributed by atoms with van der Waals surface area (Å²) in [6.45, 7) is 6.82. The van der Waals surface area contributed by atoms with Gasteiger partial charge in [-0.2, -0.15) is 5.10 Å². The number of aromatic nitrogens is 4. The topological polar surface area (TPSA) is 64.9 Å². The number of fused-ring (bicyclic) bond motifs is 1. The monoisotopic (exact) mass is 250 g/mol. The van der Waals surface area contributed by atoms with Crippen LogP contribution in [0.3, 0.4) is 0 Å². The van der Waals surface area contributed by atoms with Gasteiger partial charge in [-0.25, -0.2) is 9.67 Å². The standard InChI is InChI=1S/C12H22N6/c1-5-18-11-10(9(2)15-18)14-12(13)17(11)8-6-7-16(3)4/h5-8H2,1-4H3,(H2,13,14). The van der Waals surface area contributed by atoms with Gasteiger partial charge in [-0.15, -0.1) is 0 Å². The Morgan fingerprint density at radius 3 is 2.67 bits per heavy atom. The van der Waals surface area contributed by atoms with Gasteiger partial charge in [-0.3, -0.25) is 4.57 Å². The Bertz CT molecular complexity index is 536. The van der Waals surface area contributed by atoms with Crippen LogP contribution in [0.2, 0.25) is 0 Å². The highest BCUT2D eigenvalue weighted by Gasteiger charge is 2.16. The summed E-state index contributed by atoms with van der Waals surface area (Å²) in [5.74, 6) is 0.589. The van der Waals surface area contributed by atoms with Crippen LogP contribution in [-0.2, 0) is 13.1 Å². The third-order valence-corrected chi connectivity index (χ3v) is 3.11. The summed E-state index contributed by atoms with van der Waals surface area (Å²) in [6.07, 6.45) is 1.05. The highest BCUT2D eigenvalue weighted by Crippen LogP contribution is 2.21. The maximum atomic E-state index is 6.00. The molecule has 0 amide bonds. The molecule has 100 valence electrons. The van der Waals surface area contributed by atoms with Crippen LogP contribution < -0.4 is 5.73 Å². The third-order valence-electron chi connectivity index (χ3n) is 3.11. The lowest BCUT2D eigenvalue weighted by molar-refractivity contribution is 0.387. The van der Waals surface area contributed by atoms with Gasteiger partial charge in [0.15, 0.2) is 5.65 Å². The van der Waals surface area contributed by atoms with E-state index >= 15 is 0 Å². The van der Waals surface area contributed by atoms with Gasteiger partial charge in [0, 0.05) is 13.1 Å². The van der Waals surface area contributed by atoms with E-state index < -0.39 is 0 Å². The predicted octanol–water partition coefficient (Wildman–Crippen LogP) is 1.10. The Morgan fingerprint density at radius 2 is 2.06 bits per heavy atom. The van der Waals surface area contributed by atoms with Crippen LogP contribution in [0.15, 0.2) is 0 Å². The Hall–Kier alpha value is -1.56. The van der Waals surface area contributed by atoms with Crippen LogP contribution in [0.5, 0.6) is 0 Å². The average Bonchev–Trinajstić information content (AvgIpc) is 2.78. The summed E-state index contributed by atoms with van der Waals surface area (Å²) in [6, 6.07) is 0. The van der Waals surface area contributed by atoms with Crippen molar-refractivity contribution in [3.05, 3.63) is 5.69 Å². The fourth-order valence-corrected chi connectivity index (χ4v) is 2.23. The third kappa shape index (κ3) is 2.20. The quantitative estimate of drug-likeness (QED) is 0.863. The lowest BCUT2D eigenvalue weighted by Crippen LogP contribution is -2.16. The van der Waals surface area contributed by atoms with Crippen LogP contribution in [0.25, 0.3) is 11.2 Å². The molecule has 0 aliphatic rings. The molecule has 0 saturated carbocycles. The van der Waals surface area contributed by atoms with E-state index in [1.807, 2.05) is 11.6 Å². The second kappa shape index (κ2) is 4.97. The smallest absolute Gasteiger partial charge is 0.202 e. The molecule has 6 nitrogen and oxygen atoms in total. The maximum Gasteiger partial charge on any atom is 0.202 e. The van der Waals surface area contributed by atoms with Crippen molar-refractivity contribution in [1.82, 2.24) is 24.2 Å². The highest BCUT2D eigenvalue weighted by atomic mass is 15.4. The van der Waals surface area contributed by atoms with Crippen molar-refractivity contribution in [1.29, 1.82) is 0 Å². The number of nitrogens with two attached hydrogens (primary N) is 1. The van der Waals surface area contributed by atoms with Gasteiger partial charge in [0.25, 0.3) is 0 Å². The Labute approximate surface area is 107 Å². The molecule has 18 heavy (non-hydrogen) atoms. The second-order valence-corrected chi connectivity index (χ2v) is 4.85. The second-order valence-electron chi connectivity index (χ2n) is 4.85. The van der Waals surface area contributed by atoms with Crippen molar-refractivity contribution >= 4 is 17.1 Å². The molecule has 2 heterocycles. The molecule has 0 aromatic carbocycles. The first kappa shape index (κ1) is 12.9. The minimum absolute atomic E-state index is 0.589. The first-order chi connectivity index (χ1) is 8.54. The molecule has 0 unspecified atom stereocenters. The van der Waals surface area contributed by atoms with Gasteiger partial charge < -0.3 is 10.6 Å². The molecular weight excluding hydrogens is 228 g/mol. The van der Waals surface area contributed by atoms with E-state index in [4.69, 9.17) is 5.73 Å². The number of hydrogen-bond acceptors (Lipinski definition) is 4. The Morgan fingerprint density at radius 1 is 1.33 bits per heavy atom. The van der Waals surface area contributed by atoms with Gasteiger partial charge in [0.05, 0.1) is 5.69 Å². The number of nitrogen functional groups attached to an aromatic ring is 1. The number of aryl methyl sites for hydroxylation is 3.